The van der Waals surface area contributed by atoms with Gasteiger partial charge in [0.25, 0.3) is 0 Å². The topological polar surface area (TPSA) is 13.1 Å². The summed E-state index contributed by atoms with van der Waals surface area (Å²) in [5, 5.41) is 1.17. The van der Waals surface area contributed by atoms with E-state index in [0.29, 0.717) is 0 Å². The minimum Gasteiger partial charge on any atom is -0.455 e. The molecule has 0 radical (unpaired) electrons. The molecule has 0 spiro atoms. The molecule has 1 nitrogen and oxygen atoms in total. The summed E-state index contributed by atoms with van der Waals surface area (Å²) in [6.45, 7) is 0. The molecule has 0 fully saturated rings. The van der Waals surface area contributed by atoms with E-state index in [-0.39, 0.29) is 0 Å². The number of hydrogen-bond donors (Lipinski definition) is 0. The van der Waals surface area contributed by atoms with E-state index in [9.17, 15) is 0 Å². The average Bonchev–Trinajstić information content (AvgIpc) is 2.69. The van der Waals surface area contributed by atoms with Crippen molar-refractivity contribution >= 4 is 49.5 Å². The van der Waals surface area contributed by atoms with Crippen LogP contribution in [0.5, 0.6) is 0 Å². The Hall–Kier alpha value is -0.810. The largest absolute Gasteiger partial charge is 0.455 e. The molecule has 1 aromatic heterocycles. The molecule has 0 aliphatic heterocycles. The number of para-hydroxylation sites is 1. The maximum absolute atomic E-state index is 5.90. The minimum atomic E-state index is 0.940. The Bertz CT molecular complexity index is 670. The molecule has 2 aromatic carbocycles. The second-order valence-corrected chi connectivity index (χ2v) is 5.74. The highest BCUT2D eigenvalue weighted by Crippen LogP contribution is 2.34. The molecule has 0 amide bonds. The number of rotatable bonds is 1. The SMILES string of the molecule is Brc1ccc(-c2oc3ccccc3c2I)cc1. The predicted octanol–water partition coefficient (Wildman–Crippen LogP) is 5.47. The lowest BCUT2D eigenvalue weighted by Crippen LogP contribution is -1.76. The van der Waals surface area contributed by atoms with Crippen molar-refractivity contribution < 1.29 is 4.42 Å². The fourth-order valence-electron chi connectivity index (χ4n) is 1.80. The number of furan rings is 1. The molecule has 3 heteroatoms. The Kier molecular flexibility index (Phi) is 2.96. The summed E-state index contributed by atoms with van der Waals surface area (Å²) in [5.74, 6) is 0.944. The van der Waals surface area contributed by atoms with Crippen molar-refractivity contribution in [1.82, 2.24) is 0 Å². The van der Waals surface area contributed by atoms with Crippen molar-refractivity contribution in [3.05, 3.63) is 56.6 Å². The number of hydrogen-bond acceptors (Lipinski definition) is 1. The highest BCUT2D eigenvalue weighted by Gasteiger charge is 2.12. The van der Waals surface area contributed by atoms with Crippen molar-refractivity contribution in [2.24, 2.45) is 0 Å². The molecule has 17 heavy (non-hydrogen) atoms. The molecule has 0 bridgehead atoms. The summed E-state index contributed by atoms with van der Waals surface area (Å²) >= 11 is 5.78. The van der Waals surface area contributed by atoms with E-state index in [0.717, 1.165) is 21.4 Å². The summed E-state index contributed by atoms with van der Waals surface area (Å²) in [7, 11) is 0. The van der Waals surface area contributed by atoms with Gasteiger partial charge in [0.05, 0.1) is 3.57 Å². The van der Waals surface area contributed by atoms with Crippen LogP contribution in [0.3, 0.4) is 0 Å². The molecule has 84 valence electrons. The molecule has 1 heterocycles. The number of fused-ring (bicyclic) bond motifs is 1. The van der Waals surface area contributed by atoms with E-state index >= 15 is 0 Å². The van der Waals surface area contributed by atoms with Crippen LogP contribution in [0.1, 0.15) is 0 Å². The lowest BCUT2D eigenvalue weighted by molar-refractivity contribution is 0.629. The summed E-state index contributed by atoms with van der Waals surface area (Å²) in [6.07, 6.45) is 0. The third-order valence-electron chi connectivity index (χ3n) is 2.64. The highest BCUT2D eigenvalue weighted by molar-refractivity contribution is 14.1. The van der Waals surface area contributed by atoms with E-state index in [2.05, 4.69) is 56.7 Å². The predicted molar refractivity (Wildman–Crippen MR) is 82.1 cm³/mol. The fourth-order valence-corrected chi connectivity index (χ4v) is 2.93. The van der Waals surface area contributed by atoms with Crippen LogP contribution in [-0.2, 0) is 0 Å². The maximum Gasteiger partial charge on any atom is 0.148 e. The Labute approximate surface area is 121 Å². The molecule has 3 rings (SSSR count). The molecule has 0 saturated heterocycles. The van der Waals surface area contributed by atoms with Gasteiger partial charge in [-0.05, 0) is 40.8 Å². The molecular weight excluding hydrogens is 391 g/mol. The van der Waals surface area contributed by atoms with Crippen molar-refractivity contribution in [3.63, 3.8) is 0 Å². The van der Waals surface area contributed by atoms with Gasteiger partial charge in [0.15, 0.2) is 0 Å². The molecule has 0 unspecified atom stereocenters. The highest BCUT2D eigenvalue weighted by atomic mass is 127. The van der Waals surface area contributed by atoms with Crippen LogP contribution in [0.25, 0.3) is 22.3 Å². The molecule has 0 N–H and O–H groups in total. The third kappa shape index (κ3) is 2.02. The van der Waals surface area contributed by atoms with Gasteiger partial charge in [0, 0.05) is 15.4 Å². The van der Waals surface area contributed by atoms with E-state index in [1.54, 1.807) is 0 Å². The first-order valence-corrected chi connectivity index (χ1v) is 7.06. The third-order valence-corrected chi connectivity index (χ3v) is 4.24. The van der Waals surface area contributed by atoms with Crippen molar-refractivity contribution in [3.8, 4) is 11.3 Å². The van der Waals surface area contributed by atoms with Crippen molar-refractivity contribution in [1.29, 1.82) is 0 Å². The summed E-state index contributed by atoms with van der Waals surface area (Å²) in [5.41, 5.74) is 2.05. The van der Waals surface area contributed by atoms with Gasteiger partial charge in [-0.3, -0.25) is 0 Å². The lowest BCUT2D eigenvalue weighted by Gasteiger charge is -1.97. The summed E-state index contributed by atoms with van der Waals surface area (Å²) in [4.78, 5) is 0. The molecule has 0 atom stereocenters. The number of benzene rings is 2. The first kappa shape index (κ1) is 11.3. The van der Waals surface area contributed by atoms with Crippen molar-refractivity contribution in [2.45, 2.75) is 0 Å². The van der Waals surface area contributed by atoms with Gasteiger partial charge < -0.3 is 4.42 Å². The van der Waals surface area contributed by atoms with Crippen LogP contribution in [0.2, 0.25) is 0 Å². The van der Waals surface area contributed by atoms with Gasteiger partial charge in [0.1, 0.15) is 11.3 Å². The molecular formula is C14H8BrIO. The lowest BCUT2D eigenvalue weighted by atomic mass is 10.1. The van der Waals surface area contributed by atoms with E-state index in [1.807, 2.05) is 30.3 Å². The summed E-state index contributed by atoms with van der Waals surface area (Å²) < 4.78 is 8.15. The normalized spacial score (nSPS) is 10.9. The van der Waals surface area contributed by atoms with Gasteiger partial charge in [-0.2, -0.15) is 0 Å². The molecule has 0 saturated carbocycles. The number of halogens is 2. The van der Waals surface area contributed by atoms with Gasteiger partial charge in [-0.15, -0.1) is 0 Å². The van der Waals surface area contributed by atoms with Crippen LogP contribution >= 0.6 is 38.5 Å². The Balaban J connectivity index is 2.24. The average molecular weight is 399 g/mol. The second-order valence-electron chi connectivity index (χ2n) is 3.75. The van der Waals surface area contributed by atoms with Crippen LogP contribution in [0, 0.1) is 3.57 Å². The summed E-state index contributed by atoms with van der Waals surface area (Å²) in [6, 6.07) is 16.3. The van der Waals surface area contributed by atoms with Gasteiger partial charge in [0.2, 0.25) is 0 Å². The van der Waals surface area contributed by atoms with Crippen LogP contribution < -0.4 is 0 Å². The minimum absolute atomic E-state index is 0.940. The molecule has 0 aliphatic rings. The zero-order valence-corrected chi connectivity index (χ0v) is 12.5. The van der Waals surface area contributed by atoms with E-state index in [4.69, 9.17) is 4.42 Å². The van der Waals surface area contributed by atoms with Gasteiger partial charge >= 0.3 is 0 Å². The molecule has 3 aromatic rings. The second kappa shape index (κ2) is 4.46. The zero-order chi connectivity index (χ0) is 11.8. The first-order valence-electron chi connectivity index (χ1n) is 5.18. The van der Waals surface area contributed by atoms with Crippen LogP contribution in [-0.4, -0.2) is 0 Å². The van der Waals surface area contributed by atoms with Crippen molar-refractivity contribution in [2.75, 3.05) is 0 Å². The van der Waals surface area contributed by atoms with E-state index < -0.39 is 0 Å². The molecule has 0 aliphatic carbocycles. The van der Waals surface area contributed by atoms with E-state index in [1.165, 1.54) is 8.96 Å². The van der Waals surface area contributed by atoms with Gasteiger partial charge in [-0.1, -0.05) is 46.3 Å². The monoisotopic (exact) mass is 398 g/mol. The Morgan fingerprint density at radius 3 is 2.35 bits per heavy atom. The Morgan fingerprint density at radius 2 is 1.65 bits per heavy atom. The quantitative estimate of drug-likeness (QED) is 0.495. The van der Waals surface area contributed by atoms with Gasteiger partial charge in [-0.25, -0.2) is 0 Å². The first-order chi connectivity index (χ1) is 8.25. The van der Waals surface area contributed by atoms with Crippen LogP contribution in [0.15, 0.2) is 57.4 Å². The fraction of sp³-hybridized carbons (Fsp3) is 0. The maximum atomic E-state index is 5.90. The Morgan fingerprint density at radius 1 is 0.941 bits per heavy atom. The zero-order valence-electron chi connectivity index (χ0n) is 8.78. The standard InChI is InChI=1S/C14H8BrIO/c15-10-7-5-9(6-8-10)14-13(16)11-3-1-2-4-12(11)17-14/h1-8H. The smallest absolute Gasteiger partial charge is 0.148 e. The van der Waals surface area contributed by atoms with Crippen LogP contribution in [0.4, 0.5) is 0 Å².